The molecule has 15 heteroatoms. The molecule has 2 heterocycles. The highest BCUT2D eigenvalue weighted by molar-refractivity contribution is 7.86. The van der Waals surface area contributed by atoms with E-state index >= 15 is 0 Å². The van der Waals surface area contributed by atoms with Gasteiger partial charge in [-0.3, -0.25) is 24.5 Å². The summed E-state index contributed by atoms with van der Waals surface area (Å²) in [5, 5.41) is 21.1. The Bertz CT molecular complexity index is 1800. The lowest BCUT2D eigenvalue weighted by Gasteiger charge is -2.08. The number of fused-ring (bicyclic) bond motifs is 2. The predicted octanol–water partition coefficient (Wildman–Crippen LogP) is 3.31. The van der Waals surface area contributed by atoms with Crippen LogP contribution in [0.5, 0.6) is 0 Å². The van der Waals surface area contributed by atoms with Crippen molar-refractivity contribution in [2.45, 2.75) is 9.79 Å². The van der Waals surface area contributed by atoms with Crippen molar-refractivity contribution in [2.75, 3.05) is 5.43 Å². The maximum absolute atomic E-state index is 11.6. The molecule has 0 amide bonds. The summed E-state index contributed by atoms with van der Waals surface area (Å²) in [6.07, 6.45) is 2.80. The largest absolute Gasteiger partial charge is 0.295 e. The topological polar surface area (TPSA) is 207 Å². The second-order valence-corrected chi connectivity index (χ2v) is 9.58. The van der Waals surface area contributed by atoms with Gasteiger partial charge in [0.25, 0.3) is 26.1 Å². The van der Waals surface area contributed by atoms with Crippen molar-refractivity contribution in [1.29, 1.82) is 5.26 Å². The van der Waals surface area contributed by atoms with E-state index in [1.165, 1.54) is 48.8 Å². The average Bonchev–Trinajstić information content (AvgIpc) is 2.82. The Labute approximate surface area is 198 Å². The monoisotopic (exact) mass is 511 g/mol. The average molecular weight is 512 g/mol. The van der Waals surface area contributed by atoms with Crippen molar-refractivity contribution in [3.05, 3.63) is 60.9 Å². The van der Waals surface area contributed by atoms with E-state index in [4.69, 9.17) is 0 Å². The van der Waals surface area contributed by atoms with Crippen molar-refractivity contribution < 1.29 is 25.9 Å². The molecule has 176 valence electrons. The molecule has 0 saturated heterocycles. The summed E-state index contributed by atoms with van der Waals surface area (Å²) in [6, 6.07) is 12.4. The summed E-state index contributed by atoms with van der Waals surface area (Å²) in [5.41, 5.74) is 3.18. The molecule has 0 bridgehead atoms. The number of aromatic nitrogens is 2. The fourth-order valence-electron chi connectivity index (χ4n) is 3.18. The molecule has 13 nitrogen and oxygen atoms in total. The van der Waals surface area contributed by atoms with Crippen molar-refractivity contribution in [2.24, 2.45) is 15.3 Å². The minimum absolute atomic E-state index is 0.108. The van der Waals surface area contributed by atoms with Crippen LogP contribution in [0.4, 0.5) is 11.4 Å². The molecule has 0 aliphatic heterocycles. The number of nitrogens with zero attached hydrogens (tertiary/aromatic N) is 6. The second-order valence-electron chi connectivity index (χ2n) is 6.80. The van der Waals surface area contributed by atoms with E-state index in [1.807, 2.05) is 0 Å². The van der Waals surface area contributed by atoms with Crippen molar-refractivity contribution >= 4 is 59.3 Å². The van der Waals surface area contributed by atoms with E-state index in [2.05, 4.69) is 30.7 Å². The Morgan fingerprint density at radius 2 is 1.43 bits per heavy atom. The third-order valence-electron chi connectivity index (χ3n) is 4.63. The number of rotatable bonds is 5. The number of hydrogen-bond acceptors (Lipinski definition) is 10. The number of hydrogen-bond donors (Lipinski definition) is 3. The molecule has 4 aromatic rings. The summed E-state index contributed by atoms with van der Waals surface area (Å²) in [6.45, 7) is 0. The number of amidine groups is 1. The summed E-state index contributed by atoms with van der Waals surface area (Å²) in [4.78, 5) is 7.46. The molecule has 0 fully saturated rings. The highest BCUT2D eigenvalue weighted by Crippen LogP contribution is 2.30. The van der Waals surface area contributed by atoms with Crippen LogP contribution < -0.4 is 5.43 Å². The molecular formula is C20H13N7O6S2. The van der Waals surface area contributed by atoms with Crippen molar-refractivity contribution in [3.8, 4) is 6.07 Å². The number of nitrogens with one attached hydrogen (secondary N) is 1. The number of pyridine rings is 2. The number of benzene rings is 2. The Balaban J connectivity index is 1.70. The van der Waals surface area contributed by atoms with Gasteiger partial charge in [0.05, 0.1) is 16.7 Å². The molecule has 0 aliphatic carbocycles. The van der Waals surface area contributed by atoms with Gasteiger partial charge in [-0.1, -0.05) is 0 Å². The van der Waals surface area contributed by atoms with Crippen LogP contribution in [-0.2, 0) is 20.2 Å². The van der Waals surface area contributed by atoms with Crippen LogP contribution in [-0.4, -0.2) is 41.7 Å². The Kier molecular flexibility index (Phi) is 6.20. The Morgan fingerprint density at radius 1 is 0.857 bits per heavy atom. The highest BCUT2D eigenvalue weighted by atomic mass is 32.2. The van der Waals surface area contributed by atoms with Crippen molar-refractivity contribution in [3.63, 3.8) is 0 Å². The predicted molar refractivity (Wildman–Crippen MR) is 124 cm³/mol. The van der Waals surface area contributed by atoms with Gasteiger partial charge in [-0.05, 0) is 48.5 Å². The fraction of sp³-hybridized carbons (Fsp3) is 0. The SMILES string of the molecule is N#C/C(N=Nc1ccc(S(=O)(=O)O)c2cccnc12)=N\Nc1ccc(S(=O)(=O)O)c2cccnc12. The van der Waals surface area contributed by atoms with Gasteiger partial charge in [0.15, 0.2) is 0 Å². The molecule has 2 aromatic heterocycles. The molecule has 35 heavy (non-hydrogen) atoms. The maximum Gasteiger partial charge on any atom is 0.295 e. The molecule has 4 rings (SSSR count). The number of anilines is 1. The quantitative estimate of drug-likeness (QED) is 0.117. The van der Waals surface area contributed by atoms with Gasteiger partial charge >= 0.3 is 0 Å². The van der Waals surface area contributed by atoms with Gasteiger partial charge in [0, 0.05) is 23.2 Å². The summed E-state index contributed by atoms with van der Waals surface area (Å²) >= 11 is 0. The highest BCUT2D eigenvalue weighted by Gasteiger charge is 2.17. The van der Waals surface area contributed by atoms with Gasteiger partial charge in [-0.25, -0.2) is 0 Å². The zero-order chi connectivity index (χ0) is 25.2. The minimum atomic E-state index is -4.51. The van der Waals surface area contributed by atoms with Crippen LogP contribution in [0.2, 0.25) is 0 Å². The molecule has 3 N–H and O–H groups in total. The first-order valence-electron chi connectivity index (χ1n) is 9.45. The van der Waals surface area contributed by atoms with E-state index in [-0.39, 0.29) is 43.0 Å². The van der Waals surface area contributed by atoms with Crippen LogP contribution in [0, 0.1) is 11.3 Å². The first-order chi connectivity index (χ1) is 16.6. The first-order valence-corrected chi connectivity index (χ1v) is 12.3. The Hall–Kier alpha value is -4.36. The van der Waals surface area contributed by atoms with E-state index in [9.17, 15) is 31.2 Å². The molecule has 0 spiro atoms. The molecule has 2 aromatic carbocycles. The van der Waals surface area contributed by atoms with E-state index < -0.39 is 26.1 Å². The zero-order valence-electron chi connectivity index (χ0n) is 17.3. The summed E-state index contributed by atoms with van der Waals surface area (Å²) in [5.74, 6) is -0.434. The van der Waals surface area contributed by atoms with E-state index in [0.717, 1.165) is 12.1 Å². The minimum Gasteiger partial charge on any atom is -0.282 e. The smallest absolute Gasteiger partial charge is 0.282 e. The molecule has 0 atom stereocenters. The standard InChI is InChI=1S/C20H13N7O6S2/c21-11-18(26-24-14-5-7-16(34(28,29)30)12-3-1-9-22-19(12)14)27-25-15-6-8-17(35(31,32)33)13-4-2-10-23-20(13)15/h1-10,24H,(H,28,29,30)(H,31,32,33)/b26-18+,27-25?. The van der Waals surface area contributed by atoms with Crippen LogP contribution in [0.3, 0.4) is 0 Å². The van der Waals surface area contributed by atoms with Crippen LogP contribution in [0.15, 0.2) is 86.0 Å². The number of hydrazone groups is 1. The third-order valence-corrected chi connectivity index (χ3v) is 6.45. The molecule has 0 aliphatic rings. The van der Waals surface area contributed by atoms with Crippen LogP contribution in [0.1, 0.15) is 0 Å². The normalized spacial score (nSPS) is 12.8. The first kappa shape index (κ1) is 23.8. The fourth-order valence-corrected chi connectivity index (χ4v) is 4.55. The lowest BCUT2D eigenvalue weighted by atomic mass is 10.2. The van der Waals surface area contributed by atoms with Crippen LogP contribution >= 0.6 is 0 Å². The molecule has 0 unspecified atom stereocenters. The number of nitriles is 1. The Morgan fingerprint density at radius 3 is 2.03 bits per heavy atom. The van der Waals surface area contributed by atoms with Crippen LogP contribution in [0.25, 0.3) is 21.8 Å². The van der Waals surface area contributed by atoms with Gasteiger partial charge in [0.1, 0.15) is 21.5 Å². The lowest BCUT2D eigenvalue weighted by Crippen LogP contribution is -2.02. The van der Waals surface area contributed by atoms with Gasteiger partial charge in [0.2, 0.25) is 0 Å². The lowest BCUT2D eigenvalue weighted by molar-refractivity contribution is 0.482. The number of azo groups is 1. The van der Waals surface area contributed by atoms with Gasteiger partial charge in [-0.15, -0.1) is 15.3 Å². The zero-order valence-corrected chi connectivity index (χ0v) is 18.9. The van der Waals surface area contributed by atoms with Gasteiger partial charge < -0.3 is 0 Å². The third kappa shape index (κ3) is 4.95. The molecular weight excluding hydrogens is 498 g/mol. The van der Waals surface area contributed by atoms with E-state index in [1.54, 1.807) is 6.07 Å². The van der Waals surface area contributed by atoms with E-state index in [0.29, 0.717) is 0 Å². The maximum atomic E-state index is 11.6. The molecule has 0 saturated carbocycles. The second kappa shape index (κ2) is 9.12. The molecule has 0 radical (unpaired) electrons. The van der Waals surface area contributed by atoms with Crippen molar-refractivity contribution in [1.82, 2.24) is 9.97 Å². The van der Waals surface area contributed by atoms with Gasteiger partial charge in [-0.2, -0.15) is 22.1 Å². The summed E-state index contributed by atoms with van der Waals surface area (Å²) < 4.78 is 65.3. The summed E-state index contributed by atoms with van der Waals surface area (Å²) in [7, 11) is -9.01.